The molecule has 2 aromatic heterocycles. The molecule has 0 radical (unpaired) electrons. The van der Waals surface area contributed by atoms with Crippen LogP contribution < -0.4 is 9.64 Å². The molecular weight excluding hydrogens is 426 g/mol. The van der Waals surface area contributed by atoms with Crippen molar-refractivity contribution in [2.75, 3.05) is 37.8 Å². The van der Waals surface area contributed by atoms with Crippen molar-refractivity contribution in [1.82, 2.24) is 9.97 Å². The van der Waals surface area contributed by atoms with E-state index in [1.165, 1.54) is 16.5 Å². The number of para-hydroxylation sites is 1. The second-order valence-corrected chi connectivity index (χ2v) is 8.47. The Bertz CT molecular complexity index is 1280. The van der Waals surface area contributed by atoms with Crippen molar-refractivity contribution in [3.8, 4) is 5.88 Å². The van der Waals surface area contributed by atoms with Crippen LogP contribution in [0.2, 0.25) is 0 Å². The van der Waals surface area contributed by atoms with E-state index >= 15 is 0 Å². The lowest BCUT2D eigenvalue weighted by molar-refractivity contribution is 0.122. The highest BCUT2D eigenvalue weighted by molar-refractivity contribution is 5.83. The molecule has 174 valence electrons. The lowest BCUT2D eigenvalue weighted by atomic mass is 10.1. The van der Waals surface area contributed by atoms with Crippen molar-refractivity contribution in [2.24, 2.45) is 10.2 Å². The number of azo groups is 1. The molecule has 0 bridgehead atoms. The van der Waals surface area contributed by atoms with E-state index in [0.717, 1.165) is 36.3 Å². The first-order chi connectivity index (χ1) is 16.7. The second kappa shape index (κ2) is 10.5. The summed E-state index contributed by atoms with van der Waals surface area (Å²) in [5.74, 6) is 1.12. The number of nitrogens with one attached hydrogen (secondary N) is 1. The first-order valence-electron chi connectivity index (χ1n) is 11.7. The Hall–Kier alpha value is -3.71. The molecule has 7 nitrogen and oxygen atoms in total. The van der Waals surface area contributed by atoms with Gasteiger partial charge in [0.25, 0.3) is 0 Å². The van der Waals surface area contributed by atoms with Crippen LogP contribution in [-0.2, 0) is 17.7 Å². The van der Waals surface area contributed by atoms with Gasteiger partial charge < -0.3 is 19.4 Å². The molecule has 7 heteroatoms. The smallest absolute Gasteiger partial charge is 0.217 e. The van der Waals surface area contributed by atoms with E-state index in [4.69, 9.17) is 9.47 Å². The quantitative estimate of drug-likeness (QED) is 0.350. The summed E-state index contributed by atoms with van der Waals surface area (Å²) in [5, 5.41) is 10.0. The maximum Gasteiger partial charge on any atom is 0.217 e. The molecule has 1 aliphatic heterocycles. The van der Waals surface area contributed by atoms with Gasteiger partial charge in [0.2, 0.25) is 5.88 Å². The van der Waals surface area contributed by atoms with Crippen LogP contribution in [0.4, 0.5) is 11.5 Å². The number of hydrogen-bond donors (Lipinski definition) is 1. The monoisotopic (exact) mass is 455 g/mol. The van der Waals surface area contributed by atoms with Crippen LogP contribution in [0.25, 0.3) is 10.9 Å². The van der Waals surface area contributed by atoms with Crippen LogP contribution in [0.3, 0.4) is 0 Å². The topological polar surface area (TPSA) is 75.1 Å². The van der Waals surface area contributed by atoms with Crippen LogP contribution in [0.15, 0.2) is 77.1 Å². The van der Waals surface area contributed by atoms with Gasteiger partial charge >= 0.3 is 0 Å². The number of anilines is 1. The number of ether oxygens (including phenoxy) is 2. The van der Waals surface area contributed by atoms with Gasteiger partial charge in [0, 0.05) is 54.4 Å². The van der Waals surface area contributed by atoms with Gasteiger partial charge in [0.05, 0.1) is 26.4 Å². The number of H-pyrrole nitrogens is 1. The third-order valence-corrected chi connectivity index (χ3v) is 5.95. The minimum atomic E-state index is 0.516. The zero-order chi connectivity index (χ0) is 23.2. The standard InChI is InChI=1S/C27H29N5O2/c1-20-5-4-6-21(15-20)18-29-31-26-16-23(32-10-13-33-14-11-32)17-27(30-26)34-12-9-22-19-28-25-8-3-2-7-24(22)25/h2-8,15-17,19,28H,9-14,18H2,1H3. The van der Waals surface area contributed by atoms with Crippen molar-refractivity contribution in [2.45, 2.75) is 19.9 Å². The van der Waals surface area contributed by atoms with Gasteiger partial charge in [-0.1, -0.05) is 48.0 Å². The minimum absolute atomic E-state index is 0.516. The van der Waals surface area contributed by atoms with Crippen LogP contribution in [0.5, 0.6) is 5.88 Å². The summed E-state index contributed by atoms with van der Waals surface area (Å²) in [4.78, 5) is 10.2. The van der Waals surface area contributed by atoms with Gasteiger partial charge in [-0.25, -0.2) is 0 Å². The summed E-state index contributed by atoms with van der Waals surface area (Å²) in [5.41, 5.74) is 5.75. The summed E-state index contributed by atoms with van der Waals surface area (Å²) >= 11 is 0. The lowest BCUT2D eigenvalue weighted by Gasteiger charge is -2.29. The van der Waals surface area contributed by atoms with Crippen molar-refractivity contribution < 1.29 is 9.47 Å². The number of fused-ring (bicyclic) bond motifs is 1. The Balaban J connectivity index is 1.31. The van der Waals surface area contributed by atoms with Gasteiger partial charge in [0.15, 0.2) is 5.82 Å². The number of aryl methyl sites for hydroxylation is 1. The molecule has 4 aromatic rings. The highest BCUT2D eigenvalue weighted by Crippen LogP contribution is 2.27. The van der Waals surface area contributed by atoms with Crippen LogP contribution in [-0.4, -0.2) is 42.9 Å². The largest absolute Gasteiger partial charge is 0.477 e. The predicted octanol–water partition coefficient (Wildman–Crippen LogP) is 5.61. The SMILES string of the molecule is Cc1cccc(CN=Nc2cc(N3CCOCC3)cc(OCCc3c[nH]c4ccccc34)n2)c1. The predicted molar refractivity (Wildman–Crippen MR) is 134 cm³/mol. The van der Waals surface area contributed by atoms with E-state index < -0.39 is 0 Å². The third kappa shape index (κ3) is 5.43. The number of benzene rings is 2. The molecule has 1 N–H and O–H groups in total. The molecule has 1 aliphatic rings. The van der Waals surface area contributed by atoms with Gasteiger partial charge in [-0.2, -0.15) is 10.1 Å². The van der Waals surface area contributed by atoms with E-state index in [1.54, 1.807) is 0 Å². The number of aromatic nitrogens is 2. The fourth-order valence-corrected chi connectivity index (χ4v) is 4.21. The van der Waals surface area contributed by atoms with Gasteiger partial charge in [-0.3, -0.25) is 0 Å². The number of pyridine rings is 1. The first-order valence-corrected chi connectivity index (χ1v) is 11.7. The van der Waals surface area contributed by atoms with Crippen molar-refractivity contribution in [1.29, 1.82) is 0 Å². The number of nitrogens with zero attached hydrogens (tertiary/aromatic N) is 4. The van der Waals surface area contributed by atoms with Crippen LogP contribution >= 0.6 is 0 Å². The molecule has 34 heavy (non-hydrogen) atoms. The van der Waals surface area contributed by atoms with Crippen molar-refractivity contribution in [3.63, 3.8) is 0 Å². The molecule has 1 fully saturated rings. The van der Waals surface area contributed by atoms with Crippen molar-refractivity contribution in [3.05, 3.63) is 83.6 Å². The maximum absolute atomic E-state index is 6.10. The van der Waals surface area contributed by atoms with E-state index in [0.29, 0.717) is 38.1 Å². The molecule has 0 atom stereocenters. The van der Waals surface area contributed by atoms with Gasteiger partial charge in [-0.05, 0) is 24.1 Å². The molecule has 0 unspecified atom stereocenters. The van der Waals surface area contributed by atoms with Crippen LogP contribution in [0.1, 0.15) is 16.7 Å². The van der Waals surface area contributed by atoms with E-state index in [-0.39, 0.29) is 0 Å². The zero-order valence-electron chi connectivity index (χ0n) is 19.4. The van der Waals surface area contributed by atoms with Gasteiger partial charge in [-0.15, -0.1) is 5.11 Å². The molecule has 5 rings (SSSR count). The zero-order valence-corrected chi connectivity index (χ0v) is 19.4. The van der Waals surface area contributed by atoms with E-state index in [1.807, 2.05) is 24.3 Å². The fourth-order valence-electron chi connectivity index (χ4n) is 4.21. The molecule has 3 heterocycles. The Labute approximate surface area is 199 Å². The van der Waals surface area contributed by atoms with Crippen molar-refractivity contribution >= 4 is 22.4 Å². The summed E-state index contributed by atoms with van der Waals surface area (Å²) in [6, 6.07) is 20.6. The Kier molecular flexibility index (Phi) is 6.81. The Morgan fingerprint density at radius 2 is 1.94 bits per heavy atom. The molecule has 0 amide bonds. The van der Waals surface area contributed by atoms with E-state index in [2.05, 4.69) is 74.6 Å². The molecule has 0 saturated carbocycles. The summed E-state index contributed by atoms with van der Waals surface area (Å²) in [6.07, 6.45) is 2.84. The van der Waals surface area contributed by atoms with Gasteiger partial charge in [0.1, 0.15) is 0 Å². The first kappa shape index (κ1) is 22.1. The Morgan fingerprint density at radius 3 is 2.82 bits per heavy atom. The lowest BCUT2D eigenvalue weighted by Crippen LogP contribution is -2.36. The summed E-state index contributed by atoms with van der Waals surface area (Å²) in [6.45, 7) is 6.21. The van der Waals surface area contributed by atoms with E-state index in [9.17, 15) is 0 Å². The van der Waals surface area contributed by atoms with Crippen LogP contribution in [0, 0.1) is 6.92 Å². The third-order valence-electron chi connectivity index (χ3n) is 5.95. The average Bonchev–Trinajstić information content (AvgIpc) is 3.28. The molecular formula is C27H29N5O2. The number of morpholine rings is 1. The molecule has 1 saturated heterocycles. The highest BCUT2D eigenvalue weighted by atomic mass is 16.5. The number of hydrogen-bond acceptors (Lipinski definition) is 6. The minimum Gasteiger partial charge on any atom is -0.477 e. The molecule has 2 aromatic carbocycles. The average molecular weight is 456 g/mol. The summed E-state index contributed by atoms with van der Waals surface area (Å²) in [7, 11) is 0. The molecule has 0 aliphatic carbocycles. The number of aromatic amines is 1. The molecule has 0 spiro atoms. The summed E-state index contributed by atoms with van der Waals surface area (Å²) < 4.78 is 11.6. The highest BCUT2D eigenvalue weighted by Gasteiger charge is 2.14. The maximum atomic E-state index is 6.10. The Morgan fingerprint density at radius 1 is 1.06 bits per heavy atom. The second-order valence-electron chi connectivity index (χ2n) is 8.47. The fraction of sp³-hybridized carbons (Fsp3) is 0.296. The number of rotatable bonds is 8. The normalized spacial score (nSPS) is 14.2.